The first-order valence-electron chi connectivity index (χ1n) is 7.55. The molecule has 0 bridgehead atoms. The molecule has 0 saturated heterocycles. The van der Waals surface area contributed by atoms with E-state index in [4.69, 9.17) is 16.3 Å². The number of aromatic nitrogens is 4. The second-order valence-corrected chi connectivity index (χ2v) is 5.78. The molecular weight excluding hydrogens is 326 g/mol. The number of benzene rings is 1. The van der Waals surface area contributed by atoms with Crippen LogP contribution in [0.5, 0.6) is 6.01 Å². The lowest BCUT2D eigenvalue weighted by Crippen LogP contribution is -2.09. The summed E-state index contributed by atoms with van der Waals surface area (Å²) >= 11 is 6.13. The maximum Gasteiger partial charge on any atom is 0.318 e. The Morgan fingerprint density at radius 2 is 2.04 bits per heavy atom. The monoisotopic (exact) mass is 343 g/mol. The van der Waals surface area contributed by atoms with Gasteiger partial charge in [-0.15, -0.1) is 0 Å². The van der Waals surface area contributed by atoms with Gasteiger partial charge in [0.25, 0.3) is 0 Å². The van der Waals surface area contributed by atoms with E-state index in [1.165, 1.54) is 18.9 Å². The van der Waals surface area contributed by atoms with Crippen LogP contribution in [-0.2, 0) is 6.54 Å². The third-order valence-electron chi connectivity index (χ3n) is 3.60. The van der Waals surface area contributed by atoms with Crippen molar-refractivity contribution in [3.05, 3.63) is 65.1 Å². The third-order valence-corrected chi connectivity index (χ3v) is 3.88. The summed E-state index contributed by atoms with van der Waals surface area (Å²) in [6.07, 6.45) is 5.37. The topological polar surface area (TPSA) is 64.9 Å². The Kier molecular flexibility index (Phi) is 4.96. The van der Waals surface area contributed by atoms with E-state index in [2.05, 4.69) is 32.5 Å². The first-order valence-corrected chi connectivity index (χ1v) is 7.93. The molecule has 0 spiro atoms. The van der Waals surface area contributed by atoms with E-state index in [1.807, 2.05) is 42.2 Å². The van der Waals surface area contributed by atoms with Gasteiger partial charge in [-0.3, -0.25) is 4.68 Å². The molecule has 7 heteroatoms. The Labute approximate surface area is 145 Å². The predicted molar refractivity (Wildman–Crippen MR) is 93.4 cm³/mol. The first-order chi connectivity index (χ1) is 11.7. The van der Waals surface area contributed by atoms with Crippen LogP contribution in [0.2, 0.25) is 5.02 Å². The summed E-state index contributed by atoms with van der Waals surface area (Å²) in [5.41, 5.74) is 2.25. The van der Waals surface area contributed by atoms with E-state index in [9.17, 15) is 0 Å². The Balaban J connectivity index is 1.71. The molecular formula is C17H18ClN5O. The number of methoxy groups -OCH3 is 1. The van der Waals surface area contributed by atoms with Crippen LogP contribution in [-0.4, -0.2) is 26.9 Å². The molecule has 0 amide bonds. The number of rotatable bonds is 6. The van der Waals surface area contributed by atoms with Crippen LogP contribution >= 0.6 is 11.6 Å². The maximum absolute atomic E-state index is 6.13. The number of ether oxygens (including phenoxy) is 1. The van der Waals surface area contributed by atoms with Crippen molar-refractivity contribution in [2.45, 2.75) is 19.5 Å². The van der Waals surface area contributed by atoms with E-state index in [1.54, 1.807) is 0 Å². The molecule has 6 nitrogen and oxygen atoms in total. The van der Waals surface area contributed by atoms with Crippen LogP contribution in [0, 0.1) is 0 Å². The summed E-state index contributed by atoms with van der Waals surface area (Å²) in [5, 5.41) is 8.12. The van der Waals surface area contributed by atoms with Crippen LogP contribution in [0.25, 0.3) is 0 Å². The smallest absolute Gasteiger partial charge is 0.318 e. The number of halogens is 1. The van der Waals surface area contributed by atoms with E-state index >= 15 is 0 Å². The average Bonchev–Trinajstić information content (AvgIpc) is 3.06. The molecule has 3 aromatic rings. The minimum absolute atomic E-state index is 0.00775. The molecule has 0 saturated carbocycles. The highest BCUT2D eigenvalue weighted by Crippen LogP contribution is 2.25. The van der Waals surface area contributed by atoms with Gasteiger partial charge in [-0.25, -0.2) is 4.98 Å². The van der Waals surface area contributed by atoms with Gasteiger partial charge in [0.05, 0.1) is 32.1 Å². The highest BCUT2D eigenvalue weighted by molar-refractivity contribution is 6.32. The lowest BCUT2D eigenvalue weighted by molar-refractivity contribution is 0.380. The molecule has 2 aromatic heterocycles. The van der Waals surface area contributed by atoms with Crippen LogP contribution < -0.4 is 10.1 Å². The van der Waals surface area contributed by atoms with Crippen molar-refractivity contribution in [2.24, 2.45) is 0 Å². The lowest BCUT2D eigenvalue weighted by atomic mass is 10.2. The Morgan fingerprint density at radius 1 is 1.25 bits per heavy atom. The third kappa shape index (κ3) is 3.83. The molecule has 1 N–H and O–H groups in total. The zero-order valence-electron chi connectivity index (χ0n) is 13.5. The SMILES string of the molecule is COc1ncc(Cl)c(NC(C)c2cnn(Cc3ccccc3)c2)n1. The maximum atomic E-state index is 6.13. The number of hydrogen-bond acceptors (Lipinski definition) is 5. The van der Waals surface area contributed by atoms with Crippen molar-refractivity contribution < 1.29 is 4.74 Å². The summed E-state index contributed by atoms with van der Waals surface area (Å²) in [7, 11) is 1.52. The molecule has 1 unspecified atom stereocenters. The van der Waals surface area contributed by atoms with Crippen LogP contribution in [0.15, 0.2) is 48.9 Å². The van der Waals surface area contributed by atoms with E-state index in [0.717, 1.165) is 12.1 Å². The van der Waals surface area contributed by atoms with Gasteiger partial charge in [-0.1, -0.05) is 41.9 Å². The number of anilines is 1. The minimum atomic E-state index is -0.00775. The zero-order chi connectivity index (χ0) is 16.9. The Hall–Kier alpha value is -2.60. The molecule has 3 rings (SSSR count). The second kappa shape index (κ2) is 7.31. The van der Waals surface area contributed by atoms with Gasteiger partial charge in [0.15, 0.2) is 5.82 Å². The fourth-order valence-electron chi connectivity index (χ4n) is 2.30. The molecule has 2 heterocycles. The van der Waals surface area contributed by atoms with Gasteiger partial charge < -0.3 is 10.1 Å². The predicted octanol–water partition coefficient (Wildman–Crippen LogP) is 3.56. The highest BCUT2D eigenvalue weighted by atomic mass is 35.5. The summed E-state index contributed by atoms with van der Waals surface area (Å²) in [6, 6.07) is 10.5. The van der Waals surface area contributed by atoms with E-state index < -0.39 is 0 Å². The molecule has 24 heavy (non-hydrogen) atoms. The number of nitrogens with one attached hydrogen (secondary N) is 1. The van der Waals surface area contributed by atoms with Crippen molar-refractivity contribution in [2.75, 3.05) is 12.4 Å². The van der Waals surface area contributed by atoms with Crippen molar-refractivity contribution in [1.29, 1.82) is 0 Å². The van der Waals surface area contributed by atoms with Gasteiger partial charge in [0, 0.05) is 11.8 Å². The second-order valence-electron chi connectivity index (χ2n) is 5.38. The summed E-state index contributed by atoms with van der Waals surface area (Å²) < 4.78 is 6.94. The van der Waals surface area contributed by atoms with Crippen molar-refractivity contribution in [3.8, 4) is 6.01 Å². The van der Waals surface area contributed by atoms with Gasteiger partial charge in [0.1, 0.15) is 5.02 Å². The average molecular weight is 344 g/mol. The first kappa shape index (κ1) is 16.3. The standard InChI is InChI=1S/C17H18ClN5O/c1-12(21-16-15(18)9-19-17(22-16)24-2)14-8-20-23(11-14)10-13-6-4-3-5-7-13/h3-9,11-12H,10H2,1-2H3,(H,19,21,22). The molecule has 0 radical (unpaired) electrons. The Bertz CT molecular complexity index is 806. The highest BCUT2D eigenvalue weighted by Gasteiger charge is 2.12. The van der Waals surface area contributed by atoms with Gasteiger partial charge >= 0.3 is 6.01 Å². The summed E-state index contributed by atoms with van der Waals surface area (Å²) in [5.74, 6) is 0.534. The molecule has 0 aliphatic carbocycles. The van der Waals surface area contributed by atoms with Gasteiger partial charge in [-0.05, 0) is 12.5 Å². The van der Waals surface area contributed by atoms with Crippen LogP contribution in [0.1, 0.15) is 24.1 Å². The molecule has 124 valence electrons. The summed E-state index contributed by atoms with van der Waals surface area (Å²) in [4.78, 5) is 8.19. The fourth-order valence-corrected chi connectivity index (χ4v) is 2.44. The molecule has 0 aliphatic rings. The zero-order valence-corrected chi connectivity index (χ0v) is 14.2. The van der Waals surface area contributed by atoms with Gasteiger partial charge in [0.2, 0.25) is 0 Å². The largest absolute Gasteiger partial charge is 0.467 e. The van der Waals surface area contributed by atoms with Crippen LogP contribution in [0.4, 0.5) is 5.82 Å². The molecule has 1 aromatic carbocycles. The van der Waals surface area contributed by atoms with E-state index in [-0.39, 0.29) is 12.1 Å². The molecule has 1 atom stereocenters. The number of nitrogens with zero attached hydrogens (tertiary/aromatic N) is 4. The van der Waals surface area contributed by atoms with Crippen molar-refractivity contribution >= 4 is 17.4 Å². The fraction of sp³-hybridized carbons (Fsp3) is 0.235. The Morgan fingerprint density at radius 3 is 2.79 bits per heavy atom. The van der Waals surface area contributed by atoms with Crippen molar-refractivity contribution in [3.63, 3.8) is 0 Å². The minimum Gasteiger partial charge on any atom is -0.467 e. The normalized spacial score (nSPS) is 12.0. The van der Waals surface area contributed by atoms with Crippen molar-refractivity contribution in [1.82, 2.24) is 19.7 Å². The van der Waals surface area contributed by atoms with E-state index in [0.29, 0.717) is 10.8 Å². The lowest BCUT2D eigenvalue weighted by Gasteiger charge is -2.14. The quantitative estimate of drug-likeness (QED) is 0.741. The summed E-state index contributed by atoms with van der Waals surface area (Å²) in [6.45, 7) is 2.75. The molecule has 0 fully saturated rings. The molecule has 0 aliphatic heterocycles. The van der Waals surface area contributed by atoms with Gasteiger partial charge in [-0.2, -0.15) is 10.1 Å². The van der Waals surface area contributed by atoms with Crippen LogP contribution in [0.3, 0.4) is 0 Å². The number of hydrogen-bond donors (Lipinski definition) is 1.